The van der Waals surface area contributed by atoms with Crippen LogP contribution in [-0.4, -0.2) is 61.4 Å². The van der Waals surface area contributed by atoms with E-state index in [-0.39, 0.29) is 24.5 Å². The molecule has 0 radical (unpaired) electrons. The van der Waals surface area contributed by atoms with Crippen molar-refractivity contribution in [3.05, 3.63) is 0 Å². The molecule has 1 N–H and O–H groups in total. The summed E-state index contributed by atoms with van der Waals surface area (Å²) >= 11 is 0. The monoisotopic (exact) mass is 738 g/mol. The Labute approximate surface area is 324 Å². The lowest BCUT2D eigenvalue weighted by Gasteiger charge is -2.21. The van der Waals surface area contributed by atoms with E-state index in [2.05, 4.69) is 32.6 Å². The van der Waals surface area contributed by atoms with Crippen molar-refractivity contribution in [1.82, 2.24) is 4.90 Å². The predicted octanol–water partition coefficient (Wildman–Crippen LogP) is 13.2. The summed E-state index contributed by atoms with van der Waals surface area (Å²) in [5.41, 5.74) is 0. The molecular weight excluding hydrogens is 647 g/mol. The average molecular weight is 738 g/mol. The lowest BCUT2D eigenvalue weighted by atomic mass is 9.94. The van der Waals surface area contributed by atoms with Gasteiger partial charge in [-0.05, 0) is 64.0 Å². The van der Waals surface area contributed by atoms with Crippen LogP contribution in [0.2, 0.25) is 0 Å². The van der Waals surface area contributed by atoms with Gasteiger partial charge in [0.2, 0.25) is 0 Å². The number of hydrogen-bond donors (Lipinski definition) is 1. The molecule has 0 aromatic carbocycles. The van der Waals surface area contributed by atoms with Gasteiger partial charge >= 0.3 is 11.9 Å². The van der Waals surface area contributed by atoms with Gasteiger partial charge in [-0.1, -0.05) is 182 Å². The molecule has 6 heteroatoms. The number of aliphatic hydroxyl groups is 1. The van der Waals surface area contributed by atoms with Gasteiger partial charge in [-0.3, -0.25) is 9.59 Å². The fourth-order valence-electron chi connectivity index (χ4n) is 7.21. The quantitative estimate of drug-likeness (QED) is 0.0496. The molecule has 6 nitrogen and oxygen atoms in total. The van der Waals surface area contributed by atoms with Gasteiger partial charge in [0.05, 0.1) is 25.7 Å². The van der Waals surface area contributed by atoms with Gasteiger partial charge in [-0.2, -0.15) is 0 Å². The van der Waals surface area contributed by atoms with Crippen LogP contribution in [0.25, 0.3) is 0 Å². The van der Waals surface area contributed by atoms with E-state index in [1.165, 1.54) is 122 Å². The Bertz CT molecular complexity index is 728. The van der Waals surface area contributed by atoms with Gasteiger partial charge in [0.1, 0.15) is 0 Å². The smallest absolute Gasteiger partial charge is 0.308 e. The lowest BCUT2D eigenvalue weighted by molar-refractivity contribution is -0.149. The summed E-state index contributed by atoms with van der Waals surface area (Å²) in [6.45, 7) is 13.3. The number of ether oxygens (including phenoxy) is 2. The van der Waals surface area contributed by atoms with E-state index in [0.29, 0.717) is 19.6 Å². The summed E-state index contributed by atoms with van der Waals surface area (Å²) in [6, 6.07) is 0. The zero-order chi connectivity index (χ0) is 38.2. The van der Waals surface area contributed by atoms with Crippen molar-refractivity contribution in [2.75, 3.05) is 39.5 Å². The Kier molecular flexibility index (Phi) is 40.1. The van der Waals surface area contributed by atoms with Crippen molar-refractivity contribution < 1.29 is 24.2 Å². The van der Waals surface area contributed by atoms with Gasteiger partial charge in [0.25, 0.3) is 0 Å². The Morgan fingerprint density at radius 2 is 0.885 bits per heavy atom. The zero-order valence-corrected chi connectivity index (χ0v) is 35.6. The highest BCUT2D eigenvalue weighted by Crippen LogP contribution is 2.21. The molecule has 0 heterocycles. The Morgan fingerprint density at radius 1 is 0.481 bits per heavy atom. The molecular formula is C46H91NO5. The van der Waals surface area contributed by atoms with Crippen LogP contribution in [-0.2, 0) is 19.1 Å². The highest BCUT2D eigenvalue weighted by Gasteiger charge is 2.19. The maximum atomic E-state index is 13.0. The van der Waals surface area contributed by atoms with Crippen LogP contribution in [0.15, 0.2) is 0 Å². The van der Waals surface area contributed by atoms with Gasteiger partial charge in [0, 0.05) is 13.0 Å². The maximum absolute atomic E-state index is 13.0. The van der Waals surface area contributed by atoms with Gasteiger partial charge < -0.3 is 19.5 Å². The van der Waals surface area contributed by atoms with Crippen molar-refractivity contribution in [3.63, 3.8) is 0 Å². The van der Waals surface area contributed by atoms with E-state index in [1.807, 2.05) is 0 Å². The summed E-state index contributed by atoms with van der Waals surface area (Å²) in [5.74, 6) is 0.937. The molecule has 0 amide bonds. The first-order chi connectivity index (χ1) is 25.4. The third-order valence-electron chi connectivity index (χ3n) is 10.7. The number of aliphatic hydroxyl groups excluding tert-OH is 1. The van der Waals surface area contributed by atoms with Crippen LogP contribution in [0.1, 0.15) is 233 Å². The molecule has 0 saturated carbocycles. The van der Waals surface area contributed by atoms with E-state index in [0.717, 1.165) is 103 Å². The minimum atomic E-state index is -0.0293. The van der Waals surface area contributed by atoms with Crippen LogP contribution in [0.4, 0.5) is 0 Å². The lowest BCUT2D eigenvalue weighted by Crippen LogP contribution is -2.29. The summed E-state index contributed by atoms with van der Waals surface area (Å²) in [6.07, 6.45) is 37.6. The molecule has 0 aliphatic carbocycles. The van der Waals surface area contributed by atoms with E-state index < -0.39 is 0 Å². The van der Waals surface area contributed by atoms with Gasteiger partial charge in [0.15, 0.2) is 0 Å². The van der Waals surface area contributed by atoms with Crippen molar-refractivity contribution in [1.29, 1.82) is 0 Å². The fraction of sp³-hybridized carbons (Fsp3) is 0.957. The second-order valence-electron chi connectivity index (χ2n) is 16.4. The number of nitrogens with zero attached hydrogens (tertiary/aromatic N) is 1. The standard InChI is InChI=1S/C46H91NO5/c1-5-7-9-11-18-26-34-44(35-27-19-12-10-8-6-2)46(50)52-42-32-24-16-22-30-38-47(39-40-48)37-29-21-15-20-28-36-45(49)51-41-31-23-14-13-17-25-33-43(3)4/h43-44,48H,5-42H2,1-4H3. The molecule has 0 aromatic rings. The highest BCUT2D eigenvalue weighted by atomic mass is 16.5. The van der Waals surface area contributed by atoms with E-state index >= 15 is 0 Å². The first-order valence-electron chi connectivity index (χ1n) is 23.1. The fourth-order valence-corrected chi connectivity index (χ4v) is 7.21. The zero-order valence-electron chi connectivity index (χ0n) is 35.6. The minimum absolute atomic E-state index is 0.0293. The minimum Gasteiger partial charge on any atom is -0.466 e. The topological polar surface area (TPSA) is 76.1 Å². The van der Waals surface area contributed by atoms with Crippen molar-refractivity contribution in [2.24, 2.45) is 11.8 Å². The average Bonchev–Trinajstić information content (AvgIpc) is 3.13. The van der Waals surface area contributed by atoms with Crippen molar-refractivity contribution in [3.8, 4) is 0 Å². The number of carbonyl (C=O) groups is 2. The number of rotatable bonds is 42. The predicted molar refractivity (Wildman–Crippen MR) is 223 cm³/mol. The van der Waals surface area contributed by atoms with Crippen LogP contribution in [0.3, 0.4) is 0 Å². The normalized spacial score (nSPS) is 11.7. The van der Waals surface area contributed by atoms with E-state index in [1.54, 1.807) is 0 Å². The second kappa shape index (κ2) is 41.0. The molecule has 0 spiro atoms. The first kappa shape index (κ1) is 50.9. The third kappa shape index (κ3) is 37.2. The van der Waals surface area contributed by atoms with Crippen LogP contribution in [0, 0.1) is 11.8 Å². The van der Waals surface area contributed by atoms with E-state index in [4.69, 9.17) is 9.47 Å². The Morgan fingerprint density at radius 3 is 1.37 bits per heavy atom. The van der Waals surface area contributed by atoms with Crippen molar-refractivity contribution in [2.45, 2.75) is 233 Å². The number of hydrogen-bond acceptors (Lipinski definition) is 6. The summed E-state index contributed by atoms with van der Waals surface area (Å²) in [4.78, 5) is 27.4. The summed E-state index contributed by atoms with van der Waals surface area (Å²) in [5, 5.41) is 9.55. The summed E-state index contributed by atoms with van der Waals surface area (Å²) in [7, 11) is 0. The van der Waals surface area contributed by atoms with Crippen LogP contribution in [0.5, 0.6) is 0 Å². The Hall–Kier alpha value is -1.14. The molecule has 310 valence electrons. The SMILES string of the molecule is CCCCCCCCC(CCCCCCCC)C(=O)OCCCCCCCN(CCO)CCCCCCCC(=O)OCCCCCCCCC(C)C. The second-order valence-corrected chi connectivity index (χ2v) is 16.4. The maximum Gasteiger partial charge on any atom is 0.308 e. The van der Waals surface area contributed by atoms with Crippen molar-refractivity contribution >= 4 is 11.9 Å². The van der Waals surface area contributed by atoms with Gasteiger partial charge in [-0.25, -0.2) is 0 Å². The van der Waals surface area contributed by atoms with Crippen LogP contribution >= 0.6 is 0 Å². The highest BCUT2D eigenvalue weighted by molar-refractivity contribution is 5.72. The molecule has 0 unspecified atom stereocenters. The molecule has 0 aliphatic rings. The molecule has 0 fully saturated rings. The molecule has 0 aromatic heterocycles. The number of carbonyl (C=O) groups excluding carboxylic acids is 2. The molecule has 0 aliphatic heterocycles. The largest absolute Gasteiger partial charge is 0.466 e. The molecule has 0 saturated heterocycles. The van der Waals surface area contributed by atoms with Gasteiger partial charge in [-0.15, -0.1) is 0 Å². The molecule has 0 rings (SSSR count). The van der Waals surface area contributed by atoms with E-state index in [9.17, 15) is 14.7 Å². The Balaban J connectivity index is 3.91. The molecule has 52 heavy (non-hydrogen) atoms. The summed E-state index contributed by atoms with van der Waals surface area (Å²) < 4.78 is 11.2. The number of unbranched alkanes of at least 4 members (excludes halogenated alkanes) is 23. The number of esters is 2. The first-order valence-corrected chi connectivity index (χ1v) is 23.1. The molecule has 0 atom stereocenters. The van der Waals surface area contributed by atoms with Crippen LogP contribution < -0.4 is 0 Å². The molecule has 0 bridgehead atoms. The third-order valence-corrected chi connectivity index (χ3v) is 10.7.